The molecule has 0 aliphatic heterocycles. The van der Waals surface area contributed by atoms with Crippen molar-refractivity contribution in [2.45, 2.75) is 26.7 Å². The molecule has 29 heavy (non-hydrogen) atoms. The fraction of sp³-hybridized carbons (Fsp3) is 0.148. The van der Waals surface area contributed by atoms with Crippen LogP contribution in [0.1, 0.15) is 30.9 Å². The second-order valence-corrected chi connectivity index (χ2v) is 7.98. The average Bonchev–Trinajstić information content (AvgIpc) is 3.13. The van der Waals surface area contributed by atoms with Crippen molar-refractivity contribution in [3.05, 3.63) is 90.1 Å². The summed E-state index contributed by atoms with van der Waals surface area (Å²) in [7, 11) is 0. The van der Waals surface area contributed by atoms with E-state index in [2.05, 4.69) is 92.5 Å². The van der Waals surface area contributed by atoms with Crippen LogP contribution >= 0.6 is 0 Å². The predicted octanol–water partition coefficient (Wildman–Crippen LogP) is 7.75. The van der Waals surface area contributed by atoms with Crippen molar-refractivity contribution in [1.29, 1.82) is 0 Å². The van der Waals surface area contributed by atoms with Gasteiger partial charge in [-0.05, 0) is 71.5 Å². The number of rotatable bonds is 3. The van der Waals surface area contributed by atoms with Crippen molar-refractivity contribution in [2.24, 2.45) is 0 Å². The minimum Gasteiger partial charge on any atom is -0.456 e. The lowest BCUT2D eigenvalue weighted by atomic mass is 9.98. The summed E-state index contributed by atoms with van der Waals surface area (Å²) in [6.45, 7) is 6.53. The molecule has 2 heteroatoms. The van der Waals surface area contributed by atoms with Crippen molar-refractivity contribution in [3.8, 4) is 22.4 Å². The third kappa shape index (κ3) is 3.11. The molecule has 0 radical (unpaired) electrons. The molecule has 0 spiro atoms. The summed E-state index contributed by atoms with van der Waals surface area (Å²) >= 11 is 0. The number of nitrogens with zero attached hydrogens (tertiary/aromatic N) is 1. The first-order chi connectivity index (χ1) is 14.1. The van der Waals surface area contributed by atoms with Gasteiger partial charge in [0, 0.05) is 22.5 Å². The van der Waals surface area contributed by atoms with Crippen LogP contribution in [0, 0.1) is 6.92 Å². The van der Waals surface area contributed by atoms with Crippen LogP contribution in [0.5, 0.6) is 0 Å². The minimum absolute atomic E-state index is 0.477. The molecule has 0 aliphatic rings. The second kappa shape index (κ2) is 6.89. The summed E-state index contributed by atoms with van der Waals surface area (Å²) in [6, 6.07) is 25.6. The van der Waals surface area contributed by atoms with E-state index in [4.69, 9.17) is 4.42 Å². The standard InChI is InChI=1S/C27H23NO/c1-17(2)20-11-12-28-25(16-20)22-13-18(3)27-24(15-22)23-14-21(9-10-26(23)29-27)19-7-5-4-6-8-19/h4-17H,1-3H3. The van der Waals surface area contributed by atoms with Crippen LogP contribution in [0.2, 0.25) is 0 Å². The molecule has 142 valence electrons. The zero-order valence-electron chi connectivity index (χ0n) is 16.9. The fourth-order valence-corrected chi connectivity index (χ4v) is 3.97. The molecule has 5 rings (SSSR count). The van der Waals surface area contributed by atoms with Crippen LogP contribution in [-0.2, 0) is 0 Å². The SMILES string of the molecule is Cc1cc(-c2cc(C(C)C)ccn2)cc2c1oc1ccc(-c3ccccc3)cc12. The van der Waals surface area contributed by atoms with Gasteiger partial charge >= 0.3 is 0 Å². The topological polar surface area (TPSA) is 26.0 Å². The highest BCUT2D eigenvalue weighted by molar-refractivity contribution is 6.08. The van der Waals surface area contributed by atoms with Crippen LogP contribution in [0.3, 0.4) is 0 Å². The molecular formula is C27H23NO. The van der Waals surface area contributed by atoms with Gasteiger partial charge in [-0.3, -0.25) is 4.98 Å². The number of hydrogen-bond acceptors (Lipinski definition) is 2. The minimum atomic E-state index is 0.477. The highest BCUT2D eigenvalue weighted by Crippen LogP contribution is 2.36. The Hall–Kier alpha value is -3.39. The van der Waals surface area contributed by atoms with Gasteiger partial charge in [-0.15, -0.1) is 0 Å². The molecule has 0 aliphatic carbocycles. The Bertz CT molecular complexity index is 1330. The van der Waals surface area contributed by atoms with Gasteiger partial charge in [-0.2, -0.15) is 0 Å². The first-order valence-electron chi connectivity index (χ1n) is 10.1. The quantitative estimate of drug-likeness (QED) is 0.321. The lowest BCUT2D eigenvalue weighted by molar-refractivity contribution is 0.666. The molecule has 2 nitrogen and oxygen atoms in total. The molecule has 0 unspecified atom stereocenters. The maximum Gasteiger partial charge on any atom is 0.138 e. The van der Waals surface area contributed by atoms with Gasteiger partial charge in [0.2, 0.25) is 0 Å². The van der Waals surface area contributed by atoms with Crippen molar-refractivity contribution < 1.29 is 4.42 Å². The van der Waals surface area contributed by atoms with E-state index in [9.17, 15) is 0 Å². The lowest BCUT2D eigenvalue weighted by Gasteiger charge is -2.08. The maximum absolute atomic E-state index is 6.21. The normalized spacial score (nSPS) is 11.6. The molecule has 5 aromatic rings. The zero-order chi connectivity index (χ0) is 20.0. The Labute approximate surface area is 170 Å². The molecule has 3 aromatic carbocycles. The largest absolute Gasteiger partial charge is 0.456 e. The number of aryl methyl sites for hydroxylation is 1. The summed E-state index contributed by atoms with van der Waals surface area (Å²) in [5, 5.41) is 2.29. The molecule has 0 saturated heterocycles. The van der Waals surface area contributed by atoms with E-state index in [1.54, 1.807) is 0 Å². The zero-order valence-corrected chi connectivity index (χ0v) is 16.9. The Morgan fingerprint density at radius 1 is 0.759 bits per heavy atom. The van der Waals surface area contributed by atoms with Crippen molar-refractivity contribution in [3.63, 3.8) is 0 Å². The molecular weight excluding hydrogens is 354 g/mol. The number of benzene rings is 3. The van der Waals surface area contributed by atoms with Gasteiger partial charge in [0.25, 0.3) is 0 Å². The van der Waals surface area contributed by atoms with Crippen LogP contribution in [-0.4, -0.2) is 4.98 Å². The number of pyridine rings is 1. The third-order valence-electron chi connectivity index (χ3n) is 5.61. The smallest absolute Gasteiger partial charge is 0.138 e. The lowest BCUT2D eigenvalue weighted by Crippen LogP contribution is -1.91. The molecule has 2 heterocycles. The van der Waals surface area contributed by atoms with Gasteiger partial charge in [-0.25, -0.2) is 0 Å². The van der Waals surface area contributed by atoms with Gasteiger partial charge in [0.05, 0.1) is 5.69 Å². The number of furan rings is 1. The van der Waals surface area contributed by atoms with E-state index in [0.29, 0.717) is 5.92 Å². The van der Waals surface area contributed by atoms with Crippen molar-refractivity contribution in [2.75, 3.05) is 0 Å². The molecule has 0 saturated carbocycles. The summed E-state index contributed by atoms with van der Waals surface area (Å²) < 4.78 is 6.21. The van der Waals surface area contributed by atoms with E-state index >= 15 is 0 Å². The Morgan fingerprint density at radius 3 is 2.34 bits per heavy atom. The summed E-state index contributed by atoms with van der Waals surface area (Å²) in [4.78, 5) is 4.64. The van der Waals surface area contributed by atoms with E-state index in [-0.39, 0.29) is 0 Å². The Kier molecular flexibility index (Phi) is 4.21. The van der Waals surface area contributed by atoms with Gasteiger partial charge in [-0.1, -0.05) is 50.2 Å². The summed E-state index contributed by atoms with van der Waals surface area (Å²) in [5.41, 5.74) is 8.85. The summed E-state index contributed by atoms with van der Waals surface area (Å²) in [6.07, 6.45) is 1.91. The number of fused-ring (bicyclic) bond motifs is 3. The van der Waals surface area contributed by atoms with Crippen LogP contribution < -0.4 is 0 Å². The van der Waals surface area contributed by atoms with Crippen LogP contribution in [0.4, 0.5) is 0 Å². The third-order valence-corrected chi connectivity index (χ3v) is 5.61. The van der Waals surface area contributed by atoms with Crippen LogP contribution in [0.15, 0.2) is 83.4 Å². The van der Waals surface area contributed by atoms with E-state index in [0.717, 1.165) is 38.8 Å². The number of hydrogen-bond donors (Lipinski definition) is 0. The first-order valence-corrected chi connectivity index (χ1v) is 10.1. The first kappa shape index (κ1) is 17.7. The monoisotopic (exact) mass is 377 g/mol. The van der Waals surface area contributed by atoms with Crippen molar-refractivity contribution in [1.82, 2.24) is 4.98 Å². The molecule has 0 fully saturated rings. The van der Waals surface area contributed by atoms with Crippen molar-refractivity contribution >= 4 is 21.9 Å². The van der Waals surface area contributed by atoms with E-state index < -0.39 is 0 Å². The fourth-order valence-electron chi connectivity index (χ4n) is 3.97. The Balaban J connectivity index is 1.72. The summed E-state index contributed by atoms with van der Waals surface area (Å²) in [5.74, 6) is 0.477. The highest BCUT2D eigenvalue weighted by atomic mass is 16.3. The number of aromatic nitrogens is 1. The predicted molar refractivity (Wildman–Crippen MR) is 121 cm³/mol. The highest BCUT2D eigenvalue weighted by Gasteiger charge is 2.13. The van der Waals surface area contributed by atoms with Gasteiger partial charge in [0.1, 0.15) is 11.2 Å². The van der Waals surface area contributed by atoms with Gasteiger partial charge < -0.3 is 4.42 Å². The van der Waals surface area contributed by atoms with E-state index in [1.807, 2.05) is 12.3 Å². The molecule has 2 aromatic heterocycles. The second-order valence-electron chi connectivity index (χ2n) is 7.98. The average molecular weight is 377 g/mol. The Morgan fingerprint density at radius 2 is 1.55 bits per heavy atom. The maximum atomic E-state index is 6.21. The van der Waals surface area contributed by atoms with Gasteiger partial charge in [0.15, 0.2) is 0 Å². The van der Waals surface area contributed by atoms with Crippen LogP contribution in [0.25, 0.3) is 44.3 Å². The molecule has 0 amide bonds. The molecule has 0 atom stereocenters. The van der Waals surface area contributed by atoms with E-state index in [1.165, 1.54) is 16.7 Å². The molecule has 0 N–H and O–H groups in total. The molecule has 0 bridgehead atoms.